The number of aryl methyl sites for hydroxylation is 1. The van der Waals surface area contributed by atoms with E-state index in [2.05, 4.69) is 24.4 Å². The SMILES string of the molecule is CCCCOc1ccc(CCNC(=O)c2ccc(C)n2C)cc1. The Morgan fingerprint density at radius 2 is 1.91 bits per heavy atom. The van der Waals surface area contributed by atoms with Crippen LogP contribution in [-0.4, -0.2) is 23.6 Å². The van der Waals surface area contributed by atoms with Crippen molar-refractivity contribution >= 4 is 5.91 Å². The monoisotopic (exact) mass is 314 g/mol. The molecule has 0 fully saturated rings. The first-order valence-corrected chi connectivity index (χ1v) is 8.24. The van der Waals surface area contributed by atoms with Gasteiger partial charge in [-0.1, -0.05) is 25.5 Å². The molecule has 0 saturated heterocycles. The maximum atomic E-state index is 12.1. The van der Waals surface area contributed by atoms with E-state index < -0.39 is 0 Å². The van der Waals surface area contributed by atoms with Crippen molar-refractivity contribution in [3.8, 4) is 5.75 Å². The van der Waals surface area contributed by atoms with Crippen molar-refractivity contribution in [2.45, 2.75) is 33.1 Å². The van der Waals surface area contributed by atoms with E-state index in [1.54, 1.807) is 0 Å². The molecule has 0 aliphatic rings. The van der Waals surface area contributed by atoms with E-state index in [1.807, 2.05) is 42.8 Å². The summed E-state index contributed by atoms with van der Waals surface area (Å²) in [4.78, 5) is 12.1. The third-order valence-corrected chi connectivity index (χ3v) is 3.99. The summed E-state index contributed by atoms with van der Waals surface area (Å²) in [5.74, 6) is 0.880. The highest BCUT2D eigenvalue weighted by Gasteiger charge is 2.09. The molecule has 124 valence electrons. The molecular formula is C19H26N2O2. The summed E-state index contributed by atoms with van der Waals surface area (Å²) in [6, 6.07) is 11.9. The molecule has 4 heteroatoms. The second kappa shape index (κ2) is 8.42. The van der Waals surface area contributed by atoms with Crippen LogP contribution in [0.25, 0.3) is 0 Å². The molecule has 23 heavy (non-hydrogen) atoms. The van der Waals surface area contributed by atoms with E-state index in [9.17, 15) is 4.79 Å². The van der Waals surface area contributed by atoms with Crippen LogP contribution in [0.5, 0.6) is 5.75 Å². The molecule has 1 N–H and O–H groups in total. The van der Waals surface area contributed by atoms with Crippen LogP contribution in [0.2, 0.25) is 0 Å². The predicted octanol–water partition coefficient (Wildman–Crippen LogP) is 3.48. The Hall–Kier alpha value is -2.23. The third-order valence-electron chi connectivity index (χ3n) is 3.99. The highest BCUT2D eigenvalue weighted by atomic mass is 16.5. The summed E-state index contributed by atoms with van der Waals surface area (Å²) in [7, 11) is 1.90. The number of nitrogens with zero attached hydrogens (tertiary/aromatic N) is 1. The number of nitrogens with one attached hydrogen (secondary N) is 1. The predicted molar refractivity (Wildman–Crippen MR) is 93.0 cm³/mol. The fourth-order valence-corrected chi connectivity index (χ4v) is 2.34. The smallest absolute Gasteiger partial charge is 0.267 e. The number of carbonyl (C=O) groups excluding carboxylic acids is 1. The molecule has 1 heterocycles. The fourth-order valence-electron chi connectivity index (χ4n) is 2.34. The van der Waals surface area contributed by atoms with E-state index in [0.717, 1.165) is 37.3 Å². The first-order valence-electron chi connectivity index (χ1n) is 8.24. The van der Waals surface area contributed by atoms with Crippen LogP contribution >= 0.6 is 0 Å². The molecule has 4 nitrogen and oxygen atoms in total. The quantitative estimate of drug-likeness (QED) is 0.758. The minimum atomic E-state index is -0.0277. The van der Waals surface area contributed by atoms with E-state index in [1.165, 1.54) is 5.56 Å². The second-order valence-electron chi connectivity index (χ2n) is 5.77. The largest absolute Gasteiger partial charge is 0.494 e. The number of hydrogen-bond acceptors (Lipinski definition) is 2. The number of benzene rings is 1. The Balaban J connectivity index is 1.77. The topological polar surface area (TPSA) is 43.3 Å². The van der Waals surface area contributed by atoms with Gasteiger partial charge < -0.3 is 14.6 Å². The van der Waals surface area contributed by atoms with Crippen LogP contribution in [0, 0.1) is 6.92 Å². The molecule has 0 saturated carbocycles. The zero-order valence-corrected chi connectivity index (χ0v) is 14.3. The Bertz CT molecular complexity index is 629. The number of aromatic nitrogens is 1. The normalized spacial score (nSPS) is 10.6. The standard InChI is InChI=1S/C19H26N2O2/c1-4-5-14-23-17-9-7-16(8-10-17)12-13-20-19(22)18-11-6-15(2)21(18)3/h6-11H,4-5,12-14H2,1-3H3,(H,20,22). The van der Waals surface area contributed by atoms with Crippen molar-refractivity contribution in [2.24, 2.45) is 7.05 Å². The fraction of sp³-hybridized carbons (Fsp3) is 0.421. The zero-order chi connectivity index (χ0) is 16.7. The number of amides is 1. The summed E-state index contributed by atoms with van der Waals surface area (Å²) >= 11 is 0. The maximum absolute atomic E-state index is 12.1. The molecule has 2 aromatic rings. The van der Waals surface area contributed by atoms with Crippen LogP contribution in [0.4, 0.5) is 0 Å². The van der Waals surface area contributed by atoms with Gasteiger partial charge in [0.1, 0.15) is 11.4 Å². The van der Waals surface area contributed by atoms with Gasteiger partial charge in [-0.3, -0.25) is 4.79 Å². The van der Waals surface area contributed by atoms with Gasteiger partial charge in [0.2, 0.25) is 0 Å². The molecule has 0 spiro atoms. The van der Waals surface area contributed by atoms with E-state index >= 15 is 0 Å². The van der Waals surface area contributed by atoms with Crippen molar-refractivity contribution in [1.29, 1.82) is 0 Å². The summed E-state index contributed by atoms with van der Waals surface area (Å²) < 4.78 is 7.55. The molecule has 0 unspecified atom stereocenters. The molecule has 0 radical (unpaired) electrons. The van der Waals surface area contributed by atoms with Crippen LogP contribution in [0.15, 0.2) is 36.4 Å². The number of carbonyl (C=O) groups is 1. The lowest BCUT2D eigenvalue weighted by molar-refractivity contribution is 0.0946. The second-order valence-corrected chi connectivity index (χ2v) is 5.77. The van der Waals surface area contributed by atoms with Gasteiger partial charge in [0.15, 0.2) is 0 Å². The average Bonchev–Trinajstić information content (AvgIpc) is 2.89. The first-order chi connectivity index (χ1) is 11.1. The van der Waals surface area contributed by atoms with Crippen molar-refractivity contribution < 1.29 is 9.53 Å². The summed E-state index contributed by atoms with van der Waals surface area (Å²) in [5.41, 5.74) is 2.96. The maximum Gasteiger partial charge on any atom is 0.267 e. The number of ether oxygens (including phenoxy) is 1. The molecule has 0 aliphatic heterocycles. The van der Waals surface area contributed by atoms with Gasteiger partial charge in [-0.05, 0) is 49.6 Å². The number of unbranched alkanes of at least 4 members (excludes halogenated alkanes) is 1. The Kier molecular flexibility index (Phi) is 6.27. The van der Waals surface area contributed by atoms with Gasteiger partial charge in [-0.2, -0.15) is 0 Å². The zero-order valence-electron chi connectivity index (χ0n) is 14.3. The average molecular weight is 314 g/mol. The molecule has 0 aliphatic carbocycles. The minimum Gasteiger partial charge on any atom is -0.494 e. The lowest BCUT2D eigenvalue weighted by Crippen LogP contribution is -2.27. The van der Waals surface area contributed by atoms with Crippen LogP contribution in [0.3, 0.4) is 0 Å². The van der Waals surface area contributed by atoms with Crippen molar-refractivity contribution in [3.63, 3.8) is 0 Å². The van der Waals surface area contributed by atoms with Gasteiger partial charge in [0.25, 0.3) is 5.91 Å². The van der Waals surface area contributed by atoms with E-state index in [-0.39, 0.29) is 5.91 Å². The van der Waals surface area contributed by atoms with Gasteiger partial charge in [0.05, 0.1) is 6.61 Å². The van der Waals surface area contributed by atoms with Gasteiger partial charge in [0, 0.05) is 19.3 Å². The molecule has 2 rings (SSSR count). The number of rotatable bonds is 8. The third kappa shape index (κ3) is 4.88. The van der Waals surface area contributed by atoms with Crippen LogP contribution < -0.4 is 10.1 Å². The van der Waals surface area contributed by atoms with Gasteiger partial charge in [-0.25, -0.2) is 0 Å². The van der Waals surface area contributed by atoms with Crippen molar-refractivity contribution in [3.05, 3.63) is 53.3 Å². The summed E-state index contributed by atoms with van der Waals surface area (Å²) in [5, 5.41) is 2.97. The summed E-state index contributed by atoms with van der Waals surface area (Å²) in [6.45, 7) is 5.53. The molecule has 1 aromatic carbocycles. The van der Waals surface area contributed by atoms with E-state index in [4.69, 9.17) is 4.74 Å². The molecule has 0 bridgehead atoms. The van der Waals surface area contributed by atoms with Crippen molar-refractivity contribution in [2.75, 3.05) is 13.2 Å². The Morgan fingerprint density at radius 3 is 2.52 bits per heavy atom. The van der Waals surface area contributed by atoms with E-state index in [0.29, 0.717) is 12.2 Å². The first kappa shape index (κ1) is 17.1. The number of hydrogen-bond donors (Lipinski definition) is 1. The van der Waals surface area contributed by atoms with Crippen LogP contribution in [-0.2, 0) is 13.5 Å². The Morgan fingerprint density at radius 1 is 1.17 bits per heavy atom. The van der Waals surface area contributed by atoms with Crippen molar-refractivity contribution in [1.82, 2.24) is 9.88 Å². The van der Waals surface area contributed by atoms with Crippen LogP contribution in [0.1, 0.15) is 41.5 Å². The minimum absolute atomic E-state index is 0.0277. The lowest BCUT2D eigenvalue weighted by Gasteiger charge is -2.08. The lowest BCUT2D eigenvalue weighted by atomic mass is 10.1. The highest BCUT2D eigenvalue weighted by molar-refractivity contribution is 5.92. The molecule has 1 aromatic heterocycles. The molecular weight excluding hydrogens is 288 g/mol. The summed E-state index contributed by atoms with van der Waals surface area (Å²) in [6.07, 6.45) is 3.02. The highest BCUT2D eigenvalue weighted by Crippen LogP contribution is 2.13. The molecule has 0 atom stereocenters. The van der Waals surface area contributed by atoms with Gasteiger partial charge >= 0.3 is 0 Å². The molecule has 1 amide bonds. The Labute approximate surface area is 138 Å². The van der Waals surface area contributed by atoms with Gasteiger partial charge in [-0.15, -0.1) is 0 Å².